The van der Waals surface area contributed by atoms with E-state index in [-0.39, 0.29) is 11.4 Å². The van der Waals surface area contributed by atoms with Crippen molar-refractivity contribution >= 4 is 27.9 Å². The highest BCUT2D eigenvalue weighted by molar-refractivity contribution is 6.03. The molecule has 0 amide bonds. The number of pyridine rings is 1. The summed E-state index contributed by atoms with van der Waals surface area (Å²) in [6.07, 6.45) is 1.47. The van der Waals surface area contributed by atoms with Gasteiger partial charge in [0.1, 0.15) is 23.0 Å². The molecule has 0 radical (unpaired) electrons. The Morgan fingerprint density at radius 3 is 2.63 bits per heavy atom. The lowest BCUT2D eigenvalue weighted by molar-refractivity contribution is 0.0698. The van der Waals surface area contributed by atoms with Crippen LogP contribution in [-0.2, 0) is 7.05 Å². The molecule has 0 aliphatic rings. The Labute approximate surface area is 169 Å². The Bertz CT molecular complexity index is 1420. The molecule has 7 nitrogen and oxygen atoms in total. The number of fused-ring (bicyclic) bond motifs is 2. The number of benzene rings is 2. The van der Waals surface area contributed by atoms with E-state index in [0.717, 1.165) is 10.9 Å². The number of H-pyrrole nitrogens is 1. The Morgan fingerprint density at radius 1 is 1.10 bits per heavy atom. The molecule has 5 aromatic rings. The summed E-state index contributed by atoms with van der Waals surface area (Å²) >= 11 is 0. The number of ether oxygens (including phenoxy) is 1. The van der Waals surface area contributed by atoms with Crippen LogP contribution >= 0.6 is 0 Å². The predicted molar refractivity (Wildman–Crippen MR) is 109 cm³/mol. The zero-order valence-corrected chi connectivity index (χ0v) is 15.8. The van der Waals surface area contributed by atoms with Crippen LogP contribution < -0.4 is 4.74 Å². The van der Waals surface area contributed by atoms with Gasteiger partial charge in [-0.1, -0.05) is 0 Å². The molecule has 0 bridgehead atoms. The number of nitrogens with one attached hydrogen (secondary N) is 1. The van der Waals surface area contributed by atoms with Crippen molar-refractivity contribution in [2.24, 2.45) is 7.05 Å². The van der Waals surface area contributed by atoms with E-state index in [0.29, 0.717) is 33.9 Å². The van der Waals surface area contributed by atoms with Gasteiger partial charge in [0.15, 0.2) is 0 Å². The quantitative estimate of drug-likeness (QED) is 0.453. The molecule has 0 aliphatic heterocycles. The highest BCUT2D eigenvalue weighted by Gasteiger charge is 2.17. The molecule has 8 heteroatoms. The maximum atomic E-state index is 13.1. The molecule has 3 aromatic heterocycles. The number of nitrogens with zero attached hydrogens (tertiary/aromatic N) is 3. The summed E-state index contributed by atoms with van der Waals surface area (Å²) in [5, 5.41) is 14.9. The van der Waals surface area contributed by atoms with Crippen LogP contribution in [-0.4, -0.2) is 30.8 Å². The third kappa shape index (κ3) is 2.95. The highest BCUT2D eigenvalue weighted by atomic mass is 19.1. The van der Waals surface area contributed by atoms with Crippen LogP contribution in [0, 0.1) is 5.82 Å². The van der Waals surface area contributed by atoms with E-state index in [1.165, 1.54) is 24.4 Å². The Balaban J connectivity index is 1.58. The van der Waals surface area contributed by atoms with E-state index in [1.54, 1.807) is 28.9 Å². The predicted octanol–water partition coefficient (Wildman–Crippen LogP) is 4.75. The summed E-state index contributed by atoms with van der Waals surface area (Å²) < 4.78 is 20.6. The van der Waals surface area contributed by atoms with Gasteiger partial charge in [-0.2, -0.15) is 5.10 Å². The van der Waals surface area contributed by atoms with E-state index >= 15 is 0 Å². The number of halogens is 1. The lowest BCUT2D eigenvalue weighted by atomic mass is 10.1. The van der Waals surface area contributed by atoms with Gasteiger partial charge in [-0.15, -0.1) is 0 Å². The fraction of sp³-hybridized carbons (Fsp3) is 0.0455. The highest BCUT2D eigenvalue weighted by Crippen LogP contribution is 2.33. The summed E-state index contributed by atoms with van der Waals surface area (Å²) in [5.41, 5.74) is 3.34. The fourth-order valence-electron chi connectivity index (χ4n) is 3.47. The molecule has 5 rings (SSSR count). The summed E-state index contributed by atoms with van der Waals surface area (Å²) in [7, 11) is 1.82. The van der Waals surface area contributed by atoms with Gasteiger partial charge in [0.2, 0.25) is 0 Å². The third-order valence-electron chi connectivity index (χ3n) is 4.88. The summed E-state index contributed by atoms with van der Waals surface area (Å²) in [6.45, 7) is 0. The number of aryl methyl sites for hydroxylation is 1. The Kier molecular flexibility index (Phi) is 3.99. The summed E-state index contributed by atoms with van der Waals surface area (Å²) in [4.78, 5) is 18.9. The average Bonchev–Trinajstić information content (AvgIpc) is 3.30. The smallest absolute Gasteiger partial charge is 0.337 e. The van der Waals surface area contributed by atoms with Crippen molar-refractivity contribution in [1.82, 2.24) is 19.7 Å². The summed E-state index contributed by atoms with van der Waals surface area (Å²) in [5.74, 6) is -0.228. The maximum Gasteiger partial charge on any atom is 0.337 e. The molecule has 0 aliphatic carbocycles. The maximum absolute atomic E-state index is 13.1. The van der Waals surface area contributed by atoms with Crippen molar-refractivity contribution in [1.29, 1.82) is 0 Å². The first kappa shape index (κ1) is 17.9. The average molecular weight is 402 g/mol. The van der Waals surface area contributed by atoms with E-state index in [2.05, 4.69) is 15.1 Å². The fourth-order valence-corrected chi connectivity index (χ4v) is 3.47. The molecule has 3 heterocycles. The van der Waals surface area contributed by atoms with Crippen LogP contribution in [0.15, 0.2) is 60.8 Å². The molecule has 2 N–H and O–H groups in total. The van der Waals surface area contributed by atoms with Crippen LogP contribution in [0.3, 0.4) is 0 Å². The second-order valence-corrected chi connectivity index (χ2v) is 6.81. The molecule has 0 unspecified atom stereocenters. The van der Waals surface area contributed by atoms with E-state index in [9.17, 15) is 14.3 Å². The van der Waals surface area contributed by atoms with Crippen molar-refractivity contribution in [3.8, 4) is 22.9 Å². The largest absolute Gasteiger partial charge is 0.478 e. The van der Waals surface area contributed by atoms with Gasteiger partial charge in [0.05, 0.1) is 27.8 Å². The minimum absolute atomic E-state index is 0.154. The number of hydrogen-bond acceptors (Lipinski definition) is 4. The second kappa shape index (κ2) is 6.70. The van der Waals surface area contributed by atoms with Gasteiger partial charge in [-0.25, -0.2) is 9.18 Å². The molecule has 0 spiro atoms. The van der Waals surface area contributed by atoms with E-state index in [4.69, 9.17) is 4.74 Å². The summed E-state index contributed by atoms with van der Waals surface area (Å²) in [6, 6.07) is 14.6. The van der Waals surface area contributed by atoms with Gasteiger partial charge in [0.25, 0.3) is 0 Å². The minimum atomic E-state index is -1.02. The monoisotopic (exact) mass is 402 g/mol. The molecule has 30 heavy (non-hydrogen) atoms. The number of carboxylic acids is 1. The minimum Gasteiger partial charge on any atom is -0.478 e. The Morgan fingerprint density at radius 2 is 1.87 bits per heavy atom. The topological polar surface area (TPSA) is 93.0 Å². The molecule has 0 atom stereocenters. The standard InChI is InChI=1S/C22H15FN4O3/c1-27-19-10-14(30-13-4-2-12(23)3-5-13)6-7-15(19)21(26-27)18-11-17-20(25-18)16(22(28)29)8-9-24-17/h2-11,25H,1H3,(H,28,29). The first-order valence-electron chi connectivity index (χ1n) is 9.11. The normalized spacial score (nSPS) is 11.3. The van der Waals surface area contributed by atoms with Crippen LogP contribution in [0.25, 0.3) is 33.3 Å². The number of aromatic carboxylic acids is 1. The first-order chi connectivity index (χ1) is 14.5. The zero-order valence-electron chi connectivity index (χ0n) is 15.8. The molecule has 0 saturated heterocycles. The van der Waals surface area contributed by atoms with E-state index < -0.39 is 5.97 Å². The zero-order chi connectivity index (χ0) is 20.8. The molecular weight excluding hydrogens is 387 g/mol. The number of hydrogen-bond donors (Lipinski definition) is 2. The number of aromatic nitrogens is 4. The van der Waals surface area contributed by atoms with Crippen LogP contribution in [0.1, 0.15) is 10.4 Å². The molecule has 2 aromatic carbocycles. The van der Waals surface area contributed by atoms with Gasteiger partial charge in [-0.3, -0.25) is 9.67 Å². The number of carboxylic acid groups (broad SMARTS) is 1. The van der Waals surface area contributed by atoms with Gasteiger partial charge in [0, 0.05) is 24.7 Å². The molecule has 0 fully saturated rings. The number of rotatable bonds is 4. The van der Waals surface area contributed by atoms with Crippen molar-refractivity contribution in [2.45, 2.75) is 0 Å². The van der Waals surface area contributed by atoms with Crippen molar-refractivity contribution < 1.29 is 19.0 Å². The number of aromatic amines is 1. The first-order valence-corrected chi connectivity index (χ1v) is 9.11. The van der Waals surface area contributed by atoms with Crippen molar-refractivity contribution in [3.63, 3.8) is 0 Å². The van der Waals surface area contributed by atoms with Gasteiger partial charge < -0.3 is 14.8 Å². The molecular formula is C22H15FN4O3. The van der Waals surface area contributed by atoms with Crippen LogP contribution in [0.5, 0.6) is 11.5 Å². The SMILES string of the molecule is Cn1nc(-c2cc3nccc(C(=O)O)c3[nH]2)c2ccc(Oc3ccc(F)cc3)cc21. The lowest BCUT2D eigenvalue weighted by Gasteiger charge is -2.06. The van der Waals surface area contributed by atoms with Gasteiger partial charge >= 0.3 is 5.97 Å². The Hall–Kier alpha value is -4.20. The van der Waals surface area contributed by atoms with Crippen LogP contribution in [0.4, 0.5) is 4.39 Å². The van der Waals surface area contributed by atoms with Crippen molar-refractivity contribution in [2.75, 3.05) is 0 Å². The van der Waals surface area contributed by atoms with E-state index in [1.807, 2.05) is 19.2 Å². The van der Waals surface area contributed by atoms with Gasteiger partial charge in [-0.05, 0) is 48.5 Å². The second-order valence-electron chi connectivity index (χ2n) is 6.81. The lowest BCUT2D eigenvalue weighted by Crippen LogP contribution is -1.97. The number of carbonyl (C=O) groups is 1. The molecule has 148 valence electrons. The molecule has 0 saturated carbocycles. The van der Waals surface area contributed by atoms with Crippen LogP contribution in [0.2, 0.25) is 0 Å². The van der Waals surface area contributed by atoms with Crippen molar-refractivity contribution in [3.05, 3.63) is 72.2 Å². The third-order valence-corrected chi connectivity index (χ3v) is 4.88.